The van der Waals surface area contributed by atoms with E-state index in [1.165, 1.54) is 12.3 Å². The Bertz CT molecular complexity index is 822. The molecule has 0 radical (unpaired) electrons. The Labute approximate surface area is 144 Å². The predicted octanol–water partition coefficient (Wildman–Crippen LogP) is 2.89. The molecule has 0 bridgehead atoms. The Morgan fingerprint density at radius 2 is 2.17 bits per heavy atom. The molecule has 1 aromatic carbocycles. The van der Waals surface area contributed by atoms with Gasteiger partial charge in [0.25, 0.3) is 0 Å². The highest BCUT2D eigenvalue weighted by molar-refractivity contribution is 6.33. The molecule has 3 rings (SSSR count). The van der Waals surface area contributed by atoms with Crippen molar-refractivity contribution in [3.05, 3.63) is 52.2 Å². The van der Waals surface area contributed by atoms with E-state index < -0.39 is 5.91 Å². The zero-order valence-corrected chi connectivity index (χ0v) is 13.9. The molecule has 7 heteroatoms. The van der Waals surface area contributed by atoms with Crippen LogP contribution in [0.25, 0.3) is 0 Å². The van der Waals surface area contributed by atoms with Gasteiger partial charge >= 0.3 is 0 Å². The number of aromatic nitrogens is 1. The van der Waals surface area contributed by atoms with Gasteiger partial charge in [-0.25, -0.2) is 4.98 Å². The van der Waals surface area contributed by atoms with Crippen LogP contribution in [0.2, 0.25) is 5.02 Å². The van der Waals surface area contributed by atoms with Gasteiger partial charge in [0.15, 0.2) is 0 Å². The lowest BCUT2D eigenvalue weighted by Gasteiger charge is -2.21. The number of rotatable bonds is 4. The molecular weight excluding hydrogens is 328 g/mol. The van der Waals surface area contributed by atoms with Crippen LogP contribution in [-0.4, -0.2) is 16.8 Å². The summed E-state index contributed by atoms with van der Waals surface area (Å²) in [5, 5.41) is 6.43. The molecule has 6 nitrogen and oxygen atoms in total. The minimum atomic E-state index is -0.569. The van der Waals surface area contributed by atoms with E-state index in [4.69, 9.17) is 17.3 Å². The molecule has 0 unspecified atom stereocenters. The van der Waals surface area contributed by atoms with E-state index in [2.05, 4.69) is 21.7 Å². The number of pyridine rings is 1. The minimum absolute atomic E-state index is 0.0441. The van der Waals surface area contributed by atoms with Crippen LogP contribution in [0, 0.1) is 0 Å². The van der Waals surface area contributed by atoms with Crippen LogP contribution in [0.5, 0.6) is 0 Å². The number of benzene rings is 1. The fourth-order valence-corrected chi connectivity index (χ4v) is 2.86. The molecule has 4 N–H and O–H groups in total. The number of fused-ring (bicyclic) bond motifs is 1. The lowest BCUT2D eigenvalue weighted by molar-refractivity contribution is -0.116. The molecule has 2 aromatic rings. The molecule has 124 valence electrons. The maximum absolute atomic E-state index is 11.4. The third kappa shape index (κ3) is 3.33. The van der Waals surface area contributed by atoms with Crippen LogP contribution < -0.4 is 16.4 Å². The van der Waals surface area contributed by atoms with E-state index in [9.17, 15) is 9.59 Å². The number of aryl methyl sites for hydroxylation is 1. The summed E-state index contributed by atoms with van der Waals surface area (Å²) >= 11 is 6.16. The molecular formula is C17H17ClN4O2. The highest BCUT2D eigenvalue weighted by Gasteiger charge is 2.17. The Kier molecular flexibility index (Phi) is 4.40. The van der Waals surface area contributed by atoms with Crippen molar-refractivity contribution in [3.8, 4) is 0 Å². The number of hydrogen-bond donors (Lipinski definition) is 3. The Morgan fingerprint density at radius 1 is 1.38 bits per heavy atom. The molecule has 0 fully saturated rings. The van der Waals surface area contributed by atoms with Gasteiger partial charge in [-0.15, -0.1) is 0 Å². The van der Waals surface area contributed by atoms with Crippen LogP contribution in [0.15, 0.2) is 30.5 Å². The zero-order chi connectivity index (χ0) is 17.3. The Balaban J connectivity index is 1.79. The highest BCUT2D eigenvalue weighted by Crippen LogP contribution is 2.29. The molecule has 0 aliphatic carbocycles. The summed E-state index contributed by atoms with van der Waals surface area (Å²) in [6.07, 6.45) is 2.62. The summed E-state index contributed by atoms with van der Waals surface area (Å²) in [4.78, 5) is 26.7. The average Bonchev–Trinajstić information content (AvgIpc) is 2.55. The second-order valence-electron chi connectivity index (χ2n) is 5.75. The van der Waals surface area contributed by atoms with Gasteiger partial charge in [-0.3, -0.25) is 9.59 Å². The zero-order valence-electron chi connectivity index (χ0n) is 13.1. The molecule has 0 saturated carbocycles. The number of carbonyl (C=O) groups excluding carboxylic acids is 2. The number of nitrogens with two attached hydrogens (primary N) is 1. The largest absolute Gasteiger partial charge is 0.366 e. The second kappa shape index (κ2) is 6.49. The summed E-state index contributed by atoms with van der Waals surface area (Å²) in [5.74, 6) is -0.0344. The van der Waals surface area contributed by atoms with Crippen molar-refractivity contribution in [2.75, 3.05) is 10.6 Å². The van der Waals surface area contributed by atoms with Crippen LogP contribution in [0.1, 0.15) is 40.9 Å². The molecule has 1 atom stereocenters. The first kappa shape index (κ1) is 16.3. The molecule has 1 aromatic heterocycles. The van der Waals surface area contributed by atoms with Crippen molar-refractivity contribution in [1.29, 1.82) is 0 Å². The molecule has 2 amide bonds. The second-order valence-corrected chi connectivity index (χ2v) is 6.16. The van der Waals surface area contributed by atoms with E-state index in [1.54, 1.807) is 0 Å². The van der Waals surface area contributed by atoms with E-state index in [0.29, 0.717) is 17.3 Å². The van der Waals surface area contributed by atoms with Crippen LogP contribution in [-0.2, 0) is 11.2 Å². The third-order valence-corrected chi connectivity index (χ3v) is 4.29. The van der Waals surface area contributed by atoms with Gasteiger partial charge in [-0.1, -0.05) is 23.7 Å². The molecule has 1 aliphatic rings. The topological polar surface area (TPSA) is 97.1 Å². The predicted molar refractivity (Wildman–Crippen MR) is 93.2 cm³/mol. The van der Waals surface area contributed by atoms with Gasteiger partial charge in [0.2, 0.25) is 11.8 Å². The SMILES string of the molecule is C[C@@H](Nc1ncc(C(N)=O)cc1Cl)c1ccc2c(c1)CCC(=O)N2. The fourth-order valence-electron chi connectivity index (χ4n) is 2.64. The van der Waals surface area contributed by atoms with E-state index in [0.717, 1.165) is 23.2 Å². The first-order chi connectivity index (χ1) is 11.4. The van der Waals surface area contributed by atoms with Gasteiger partial charge in [0, 0.05) is 18.3 Å². The summed E-state index contributed by atoms with van der Waals surface area (Å²) in [6.45, 7) is 1.99. The summed E-state index contributed by atoms with van der Waals surface area (Å²) in [7, 11) is 0. The Hall–Kier alpha value is -2.60. The number of nitrogens with one attached hydrogen (secondary N) is 2. The number of carbonyl (C=O) groups is 2. The molecule has 2 heterocycles. The van der Waals surface area contributed by atoms with Gasteiger partial charge in [-0.2, -0.15) is 0 Å². The monoisotopic (exact) mass is 344 g/mol. The van der Waals surface area contributed by atoms with Crippen molar-refractivity contribution in [2.24, 2.45) is 5.73 Å². The van der Waals surface area contributed by atoms with E-state index in [-0.39, 0.29) is 17.5 Å². The van der Waals surface area contributed by atoms with E-state index in [1.807, 2.05) is 19.1 Å². The summed E-state index contributed by atoms with van der Waals surface area (Å²) in [6, 6.07) is 7.38. The van der Waals surface area contributed by atoms with E-state index >= 15 is 0 Å². The normalized spacial score (nSPS) is 14.5. The third-order valence-electron chi connectivity index (χ3n) is 4.00. The van der Waals surface area contributed by atoms with Gasteiger partial charge in [0.05, 0.1) is 16.6 Å². The maximum atomic E-state index is 11.4. The first-order valence-electron chi connectivity index (χ1n) is 7.58. The molecule has 24 heavy (non-hydrogen) atoms. The highest BCUT2D eigenvalue weighted by atomic mass is 35.5. The lowest BCUT2D eigenvalue weighted by atomic mass is 9.98. The van der Waals surface area contributed by atoms with Crippen molar-refractivity contribution in [3.63, 3.8) is 0 Å². The first-order valence-corrected chi connectivity index (χ1v) is 7.96. The standard InChI is InChI=1S/C17H17ClN4O2/c1-9(21-17-13(18)7-12(8-20-17)16(19)24)10-2-4-14-11(6-10)3-5-15(23)22-14/h2,4,6-9H,3,5H2,1H3,(H2,19,24)(H,20,21)(H,22,23)/t9-/m1/s1. The average molecular weight is 345 g/mol. The van der Waals surface area contributed by atoms with Gasteiger partial charge in [0.1, 0.15) is 5.82 Å². The smallest absolute Gasteiger partial charge is 0.250 e. The lowest BCUT2D eigenvalue weighted by Crippen LogP contribution is -2.19. The summed E-state index contributed by atoms with van der Waals surface area (Å²) in [5.41, 5.74) is 8.51. The van der Waals surface area contributed by atoms with Gasteiger partial charge in [-0.05, 0) is 36.6 Å². The summed E-state index contributed by atoms with van der Waals surface area (Å²) < 4.78 is 0. The van der Waals surface area contributed by atoms with Crippen molar-refractivity contribution in [1.82, 2.24) is 4.98 Å². The minimum Gasteiger partial charge on any atom is -0.366 e. The number of primary amides is 1. The van der Waals surface area contributed by atoms with Crippen molar-refractivity contribution >= 4 is 34.9 Å². The molecule has 1 aliphatic heterocycles. The fraction of sp³-hybridized carbons (Fsp3) is 0.235. The maximum Gasteiger partial charge on any atom is 0.250 e. The number of amides is 2. The number of halogens is 1. The van der Waals surface area contributed by atoms with Crippen molar-refractivity contribution in [2.45, 2.75) is 25.8 Å². The number of hydrogen-bond acceptors (Lipinski definition) is 4. The molecule has 0 saturated heterocycles. The molecule has 0 spiro atoms. The quantitative estimate of drug-likeness (QED) is 0.794. The van der Waals surface area contributed by atoms with Crippen LogP contribution >= 0.6 is 11.6 Å². The van der Waals surface area contributed by atoms with Crippen LogP contribution in [0.4, 0.5) is 11.5 Å². The Morgan fingerprint density at radius 3 is 2.88 bits per heavy atom. The number of anilines is 2. The van der Waals surface area contributed by atoms with Crippen LogP contribution in [0.3, 0.4) is 0 Å². The number of nitrogens with zero attached hydrogens (tertiary/aromatic N) is 1. The van der Waals surface area contributed by atoms with Gasteiger partial charge < -0.3 is 16.4 Å². The van der Waals surface area contributed by atoms with Crippen molar-refractivity contribution < 1.29 is 9.59 Å².